The molecule has 15 heteroatoms. The zero-order valence-corrected chi connectivity index (χ0v) is 21.4. The van der Waals surface area contributed by atoms with Crippen LogP contribution < -0.4 is 0 Å². The van der Waals surface area contributed by atoms with Gasteiger partial charge in [-0.15, -0.1) is 0 Å². The van der Waals surface area contributed by atoms with Crippen LogP contribution >= 0.6 is 11.6 Å². The van der Waals surface area contributed by atoms with Gasteiger partial charge in [-0.25, -0.2) is 25.6 Å². The predicted octanol–water partition coefficient (Wildman–Crippen LogP) is 4.85. The van der Waals surface area contributed by atoms with Crippen molar-refractivity contribution in [2.24, 2.45) is 0 Å². The van der Waals surface area contributed by atoms with E-state index in [-0.39, 0.29) is 14.2 Å². The zero-order valence-electron chi connectivity index (χ0n) is 19.0. The molecule has 1 saturated carbocycles. The standard InChI is InChI=1S/C22H21ClF5NO6S2/c1-13(2-9-20(30)31)29(37(34,35)22(26,27)28)16-11-21(12-16,18-10-15(24)5-8-19(18)25)36(32,33)17-6-3-14(23)4-7-17/h3-8,10,13,16H,2,9,11-12H2,1H3,(H,30,31). The Bertz CT molecular complexity index is 1390. The topological polar surface area (TPSA) is 109 Å². The molecule has 1 aliphatic carbocycles. The van der Waals surface area contributed by atoms with E-state index in [2.05, 4.69) is 0 Å². The predicted molar refractivity (Wildman–Crippen MR) is 123 cm³/mol. The van der Waals surface area contributed by atoms with Gasteiger partial charge in [0.05, 0.1) is 4.90 Å². The van der Waals surface area contributed by atoms with Gasteiger partial charge >= 0.3 is 21.5 Å². The number of sulfonamides is 1. The minimum Gasteiger partial charge on any atom is -0.481 e. The molecule has 0 radical (unpaired) electrons. The summed E-state index contributed by atoms with van der Waals surface area (Å²) in [6.07, 6.45) is -2.85. The minimum atomic E-state index is -6.05. The van der Waals surface area contributed by atoms with Crippen LogP contribution in [0.25, 0.3) is 0 Å². The number of hydrogen-bond donors (Lipinski definition) is 1. The Kier molecular flexibility index (Phi) is 8.00. The first-order chi connectivity index (χ1) is 16.9. The van der Waals surface area contributed by atoms with Crippen molar-refractivity contribution in [1.82, 2.24) is 4.31 Å². The molecule has 1 fully saturated rings. The largest absolute Gasteiger partial charge is 0.511 e. The summed E-state index contributed by atoms with van der Waals surface area (Å²) in [6, 6.07) is 3.50. The summed E-state index contributed by atoms with van der Waals surface area (Å²) in [4.78, 5) is 10.6. The molecule has 0 saturated heterocycles. The average molecular weight is 590 g/mol. The Balaban J connectivity index is 2.15. The number of carbonyl (C=O) groups is 1. The van der Waals surface area contributed by atoms with Crippen LogP contribution in [0.2, 0.25) is 5.02 Å². The van der Waals surface area contributed by atoms with Gasteiger partial charge in [0.15, 0.2) is 9.84 Å². The van der Waals surface area contributed by atoms with Gasteiger partial charge in [0.1, 0.15) is 16.4 Å². The van der Waals surface area contributed by atoms with Crippen molar-refractivity contribution < 1.29 is 48.7 Å². The summed E-state index contributed by atoms with van der Waals surface area (Å²) in [5.74, 6) is -3.55. The summed E-state index contributed by atoms with van der Waals surface area (Å²) in [5, 5.41) is 9.06. The van der Waals surface area contributed by atoms with E-state index in [1.54, 1.807) is 0 Å². The molecule has 1 N–H and O–H groups in total. The first kappa shape index (κ1) is 29.3. The number of nitrogens with zero attached hydrogens (tertiary/aromatic N) is 1. The van der Waals surface area contributed by atoms with Crippen LogP contribution in [-0.2, 0) is 29.4 Å². The summed E-state index contributed by atoms with van der Waals surface area (Å²) in [7, 11) is -10.7. The Morgan fingerprint density at radius 1 is 1.11 bits per heavy atom. The number of benzene rings is 2. The van der Waals surface area contributed by atoms with E-state index in [0.717, 1.165) is 25.1 Å². The Labute approximate surface area is 214 Å². The van der Waals surface area contributed by atoms with Crippen LogP contribution in [-0.4, -0.2) is 49.8 Å². The minimum absolute atomic E-state index is 0.0305. The van der Waals surface area contributed by atoms with Gasteiger partial charge in [0.25, 0.3) is 0 Å². The fourth-order valence-electron chi connectivity index (χ4n) is 4.52. The maximum absolute atomic E-state index is 14.9. The van der Waals surface area contributed by atoms with Crippen LogP contribution in [0.4, 0.5) is 22.0 Å². The molecular formula is C22H21ClF5NO6S2. The maximum Gasteiger partial charge on any atom is 0.511 e. The third-order valence-corrected chi connectivity index (χ3v) is 10.9. The SMILES string of the molecule is CC(CCC(=O)O)N(C1CC(c2cc(F)ccc2F)(S(=O)(=O)c2ccc(Cl)cc2)C1)S(=O)(=O)C(F)(F)F. The van der Waals surface area contributed by atoms with Crippen molar-refractivity contribution in [2.45, 2.75) is 59.8 Å². The van der Waals surface area contributed by atoms with E-state index in [9.17, 15) is 43.6 Å². The molecule has 7 nitrogen and oxygen atoms in total. The van der Waals surface area contributed by atoms with Crippen LogP contribution in [0.5, 0.6) is 0 Å². The molecular weight excluding hydrogens is 569 g/mol. The third-order valence-electron chi connectivity index (χ3n) is 6.33. The van der Waals surface area contributed by atoms with E-state index in [1.165, 1.54) is 12.1 Å². The molecule has 1 aliphatic rings. The van der Waals surface area contributed by atoms with Gasteiger partial charge in [0, 0.05) is 29.1 Å². The molecule has 0 aromatic heterocycles. The fourth-order valence-corrected chi connectivity index (χ4v) is 8.22. The van der Waals surface area contributed by atoms with E-state index in [1.807, 2.05) is 0 Å². The normalized spacial score (nSPS) is 21.5. The number of rotatable bonds is 9. The molecule has 0 amide bonds. The maximum atomic E-state index is 14.9. The molecule has 2 aromatic rings. The number of halogens is 6. The molecule has 0 heterocycles. The summed E-state index contributed by atoms with van der Waals surface area (Å²) in [6.45, 7) is 1.06. The van der Waals surface area contributed by atoms with Crippen molar-refractivity contribution in [3.05, 3.63) is 64.7 Å². The van der Waals surface area contributed by atoms with Crippen molar-refractivity contribution in [1.29, 1.82) is 0 Å². The van der Waals surface area contributed by atoms with Crippen molar-refractivity contribution in [3.63, 3.8) is 0 Å². The second-order valence-electron chi connectivity index (χ2n) is 8.70. The van der Waals surface area contributed by atoms with Gasteiger partial charge in [-0.3, -0.25) is 4.79 Å². The lowest BCUT2D eigenvalue weighted by Gasteiger charge is -2.51. The summed E-state index contributed by atoms with van der Waals surface area (Å²) in [5.41, 5.74) is -6.44. The summed E-state index contributed by atoms with van der Waals surface area (Å²) >= 11 is 5.81. The number of hydrogen-bond acceptors (Lipinski definition) is 5. The first-order valence-corrected chi connectivity index (χ1v) is 14.0. The highest BCUT2D eigenvalue weighted by atomic mass is 35.5. The second-order valence-corrected chi connectivity index (χ2v) is 13.2. The van der Waals surface area contributed by atoms with Gasteiger partial charge in [-0.1, -0.05) is 11.6 Å². The second kappa shape index (κ2) is 10.1. The highest BCUT2D eigenvalue weighted by molar-refractivity contribution is 7.92. The van der Waals surface area contributed by atoms with Crippen LogP contribution in [0.1, 0.15) is 38.2 Å². The smallest absolute Gasteiger partial charge is 0.481 e. The highest BCUT2D eigenvalue weighted by Crippen LogP contribution is 2.55. The molecule has 0 spiro atoms. The van der Waals surface area contributed by atoms with Crippen LogP contribution in [0.3, 0.4) is 0 Å². The van der Waals surface area contributed by atoms with Gasteiger partial charge < -0.3 is 5.11 Å². The van der Waals surface area contributed by atoms with Crippen LogP contribution in [0, 0.1) is 11.6 Å². The number of aliphatic carboxylic acids is 1. The fraction of sp³-hybridized carbons (Fsp3) is 0.409. The Morgan fingerprint density at radius 3 is 2.19 bits per heavy atom. The van der Waals surface area contributed by atoms with E-state index in [4.69, 9.17) is 16.7 Å². The number of sulfone groups is 1. The van der Waals surface area contributed by atoms with E-state index in [0.29, 0.717) is 12.1 Å². The number of carboxylic acid groups (broad SMARTS) is 1. The van der Waals surface area contributed by atoms with Gasteiger partial charge in [-0.2, -0.15) is 17.5 Å². The van der Waals surface area contributed by atoms with Crippen molar-refractivity contribution in [2.75, 3.05) is 0 Å². The molecule has 204 valence electrons. The lowest BCUT2D eigenvalue weighted by Crippen LogP contribution is -2.62. The lowest BCUT2D eigenvalue weighted by molar-refractivity contribution is -0.137. The molecule has 0 bridgehead atoms. The van der Waals surface area contributed by atoms with Gasteiger partial charge in [-0.05, 0) is 68.7 Å². The number of carboxylic acids is 1. The Morgan fingerprint density at radius 2 is 1.68 bits per heavy atom. The zero-order chi connectivity index (χ0) is 28.0. The molecule has 0 aliphatic heterocycles. The molecule has 3 rings (SSSR count). The summed E-state index contributed by atoms with van der Waals surface area (Å²) < 4.78 is 120. The molecule has 1 atom stereocenters. The van der Waals surface area contributed by atoms with E-state index >= 15 is 0 Å². The van der Waals surface area contributed by atoms with Gasteiger partial charge in [0.2, 0.25) is 0 Å². The Hall–Kier alpha value is -2.29. The quantitative estimate of drug-likeness (QED) is 0.419. The highest BCUT2D eigenvalue weighted by Gasteiger charge is 2.63. The third kappa shape index (κ3) is 5.33. The molecule has 2 aromatic carbocycles. The molecule has 1 unspecified atom stereocenters. The van der Waals surface area contributed by atoms with Crippen molar-refractivity contribution >= 4 is 37.4 Å². The first-order valence-electron chi connectivity index (χ1n) is 10.7. The number of alkyl halides is 3. The van der Waals surface area contributed by atoms with E-state index < -0.39 is 91.1 Å². The average Bonchev–Trinajstić information content (AvgIpc) is 2.75. The lowest BCUT2D eigenvalue weighted by atomic mass is 9.74. The van der Waals surface area contributed by atoms with Crippen molar-refractivity contribution in [3.8, 4) is 0 Å². The monoisotopic (exact) mass is 589 g/mol. The molecule has 37 heavy (non-hydrogen) atoms. The van der Waals surface area contributed by atoms with Crippen LogP contribution in [0.15, 0.2) is 47.4 Å².